The number of nitrogens with one attached hydrogen (secondary N) is 2. The SMILES string of the molecule is CCC(NC(C(=O)NC1CC1)c1ccccc1)c1ccc(Cl)cc1. The molecular formula is C20H23ClN2O. The van der Waals surface area contributed by atoms with Crippen LogP contribution in [0.25, 0.3) is 0 Å². The Kier molecular flexibility index (Phi) is 5.54. The van der Waals surface area contributed by atoms with Crippen molar-refractivity contribution in [2.75, 3.05) is 0 Å². The molecule has 0 saturated heterocycles. The summed E-state index contributed by atoms with van der Waals surface area (Å²) in [7, 11) is 0. The molecule has 1 aliphatic carbocycles. The number of benzene rings is 2. The monoisotopic (exact) mass is 342 g/mol. The predicted molar refractivity (Wildman–Crippen MR) is 98.0 cm³/mol. The van der Waals surface area contributed by atoms with Crippen molar-refractivity contribution in [1.29, 1.82) is 0 Å². The van der Waals surface area contributed by atoms with E-state index < -0.39 is 0 Å². The summed E-state index contributed by atoms with van der Waals surface area (Å²) in [6, 6.07) is 17.8. The maximum absolute atomic E-state index is 12.7. The second-order valence-electron chi connectivity index (χ2n) is 6.31. The van der Waals surface area contributed by atoms with E-state index in [1.165, 1.54) is 0 Å². The van der Waals surface area contributed by atoms with Gasteiger partial charge in [0.15, 0.2) is 0 Å². The van der Waals surface area contributed by atoms with Gasteiger partial charge < -0.3 is 5.32 Å². The topological polar surface area (TPSA) is 41.1 Å². The average molecular weight is 343 g/mol. The van der Waals surface area contributed by atoms with Crippen molar-refractivity contribution in [2.45, 2.75) is 44.3 Å². The summed E-state index contributed by atoms with van der Waals surface area (Å²) in [5.41, 5.74) is 2.13. The molecule has 0 bridgehead atoms. The first kappa shape index (κ1) is 17.0. The van der Waals surface area contributed by atoms with E-state index in [4.69, 9.17) is 11.6 Å². The van der Waals surface area contributed by atoms with Crippen LogP contribution in [-0.2, 0) is 4.79 Å². The minimum atomic E-state index is -0.354. The Morgan fingerprint density at radius 1 is 1.08 bits per heavy atom. The van der Waals surface area contributed by atoms with Crippen molar-refractivity contribution in [3.8, 4) is 0 Å². The number of rotatable bonds is 7. The van der Waals surface area contributed by atoms with Crippen LogP contribution in [0.3, 0.4) is 0 Å². The van der Waals surface area contributed by atoms with E-state index in [2.05, 4.69) is 17.6 Å². The van der Waals surface area contributed by atoms with Gasteiger partial charge in [-0.1, -0.05) is 61.0 Å². The van der Waals surface area contributed by atoms with Gasteiger partial charge in [-0.2, -0.15) is 0 Å². The summed E-state index contributed by atoms with van der Waals surface area (Å²) in [6.07, 6.45) is 3.06. The molecule has 2 N–H and O–H groups in total. The molecule has 1 fully saturated rings. The minimum Gasteiger partial charge on any atom is -0.352 e. The zero-order valence-electron chi connectivity index (χ0n) is 13.8. The second-order valence-corrected chi connectivity index (χ2v) is 6.74. The van der Waals surface area contributed by atoms with Crippen LogP contribution < -0.4 is 10.6 Å². The molecule has 2 aromatic carbocycles. The smallest absolute Gasteiger partial charge is 0.241 e. The molecule has 0 aromatic heterocycles. The summed E-state index contributed by atoms with van der Waals surface area (Å²) in [4.78, 5) is 12.7. The van der Waals surface area contributed by atoms with Crippen molar-refractivity contribution < 1.29 is 4.79 Å². The van der Waals surface area contributed by atoms with Gasteiger partial charge in [-0.3, -0.25) is 10.1 Å². The van der Waals surface area contributed by atoms with Crippen molar-refractivity contribution in [3.63, 3.8) is 0 Å². The van der Waals surface area contributed by atoms with Crippen LogP contribution in [0.5, 0.6) is 0 Å². The molecule has 3 rings (SSSR count). The van der Waals surface area contributed by atoms with Gasteiger partial charge in [0.25, 0.3) is 0 Å². The zero-order chi connectivity index (χ0) is 16.9. The van der Waals surface area contributed by atoms with Gasteiger partial charge in [-0.05, 0) is 42.5 Å². The van der Waals surface area contributed by atoms with E-state index in [9.17, 15) is 4.79 Å². The van der Waals surface area contributed by atoms with Gasteiger partial charge in [0.1, 0.15) is 6.04 Å². The summed E-state index contributed by atoms with van der Waals surface area (Å²) >= 11 is 5.99. The molecule has 0 spiro atoms. The molecule has 1 aliphatic rings. The lowest BCUT2D eigenvalue weighted by Gasteiger charge is -2.25. The molecule has 0 radical (unpaired) electrons. The first-order chi connectivity index (χ1) is 11.7. The first-order valence-corrected chi connectivity index (χ1v) is 8.92. The highest BCUT2D eigenvalue weighted by molar-refractivity contribution is 6.30. The highest BCUT2D eigenvalue weighted by Crippen LogP contribution is 2.25. The lowest BCUT2D eigenvalue weighted by atomic mass is 10.00. The quantitative estimate of drug-likeness (QED) is 0.783. The van der Waals surface area contributed by atoms with E-state index in [0.29, 0.717) is 6.04 Å². The number of hydrogen-bond donors (Lipinski definition) is 2. The standard InChI is InChI=1S/C20H23ClN2O/c1-2-18(14-8-10-16(21)11-9-14)23-19(15-6-4-3-5-7-15)20(24)22-17-12-13-17/h3-11,17-19,23H,2,12-13H2,1H3,(H,22,24). The highest BCUT2D eigenvalue weighted by Gasteiger charge is 2.29. The fourth-order valence-electron chi connectivity index (χ4n) is 2.83. The zero-order valence-corrected chi connectivity index (χ0v) is 14.6. The maximum Gasteiger partial charge on any atom is 0.241 e. The fraction of sp³-hybridized carbons (Fsp3) is 0.350. The summed E-state index contributed by atoms with van der Waals surface area (Å²) < 4.78 is 0. The molecule has 1 amide bonds. The van der Waals surface area contributed by atoms with Crippen molar-refractivity contribution in [3.05, 3.63) is 70.7 Å². The summed E-state index contributed by atoms with van der Waals surface area (Å²) in [5, 5.41) is 7.38. The van der Waals surface area contributed by atoms with E-state index >= 15 is 0 Å². The Morgan fingerprint density at radius 2 is 1.75 bits per heavy atom. The number of halogens is 1. The summed E-state index contributed by atoms with van der Waals surface area (Å²) in [5.74, 6) is 0.0520. The molecule has 4 heteroatoms. The number of carbonyl (C=O) groups is 1. The Balaban J connectivity index is 1.81. The van der Waals surface area contributed by atoms with Crippen molar-refractivity contribution >= 4 is 17.5 Å². The van der Waals surface area contributed by atoms with Crippen molar-refractivity contribution in [2.24, 2.45) is 0 Å². The van der Waals surface area contributed by atoms with Crippen molar-refractivity contribution in [1.82, 2.24) is 10.6 Å². The van der Waals surface area contributed by atoms with Crippen LogP contribution in [0.15, 0.2) is 54.6 Å². The average Bonchev–Trinajstić information content (AvgIpc) is 3.41. The molecule has 24 heavy (non-hydrogen) atoms. The minimum absolute atomic E-state index is 0.0520. The molecule has 0 aliphatic heterocycles. The van der Waals surface area contributed by atoms with Crippen LogP contribution in [0.4, 0.5) is 0 Å². The number of hydrogen-bond acceptors (Lipinski definition) is 2. The van der Waals surface area contributed by atoms with Crippen LogP contribution in [0, 0.1) is 0 Å². The fourth-order valence-corrected chi connectivity index (χ4v) is 2.95. The maximum atomic E-state index is 12.7. The van der Waals surface area contributed by atoms with Crippen LogP contribution in [0.2, 0.25) is 5.02 Å². The Hall–Kier alpha value is -1.84. The predicted octanol–water partition coefficient (Wildman–Crippen LogP) is 4.40. The van der Waals surface area contributed by atoms with E-state index in [1.54, 1.807) is 0 Å². The highest BCUT2D eigenvalue weighted by atomic mass is 35.5. The third-order valence-corrected chi connectivity index (χ3v) is 4.62. The van der Waals surface area contributed by atoms with E-state index in [0.717, 1.165) is 35.4 Å². The Bertz CT molecular complexity index is 668. The van der Waals surface area contributed by atoms with Gasteiger partial charge in [0.05, 0.1) is 0 Å². The number of amides is 1. The lowest BCUT2D eigenvalue weighted by molar-refractivity contribution is -0.123. The van der Waals surface area contributed by atoms with Crippen LogP contribution >= 0.6 is 11.6 Å². The van der Waals surface area contributed by atoms with E-state index in [1.807, 2.05) is 54.6 Å². The Labute approximate surface area is 148 Å². The second kappa shape index (κ2) is 7.82. The molecule has 0 heterocycles. The molecule has 2 aromatic rings. The van der Waals surface area contributed by atoms with Gasteiger partial charge in [-0.15, -0.1) is 0 Å². The molecule has 3 nitrogen and oxygen atoms in total. The van der Waals surface area contributed by atoms with Crippen LogP contribution in [-0.4, -0.2) is 11.9 Å². The molecule has 2 unspecified atom stereocenters. The van der Waals surface area contributed by atoms with Crippen LogP contribution in [0.1, 0.15) is 49.4 Å². The third-order valence-electron chi connectivity index (χ3n) is 4.37. The molecule has 126 valence electrons. The van der Waals surface area contributed by atoms with E-state index in [-0.39, 0.29) is 18.0 Å². The van der Waals surface area contributed by atoms with Gasteiger partial charge >= 0.3 is 0 Å². The lowest BCUT2D eigenvalue weighted by Crippen LogP contribution is -2.40. The normalized spacial score (nSPS) is 16.4. The molecular weight excluding hydrogens is 320 g/mol. The van der Waals surface area contributed by atoms with Gasteiger partial charge in [0, 0.05) is 17.1 Å². The summed E-state index contributed by atoms with van der Waals surface area (Å²) in [6.45, 7) is 2.12. The van der Waals surface area contributed by atoms with Gasteiger partial charge in [-0.25, -0.2) is 0 Å². The van der Waals surface area contributed by atoms with Gasteiger partial charge in [0.2, 0.25) is 5.91 Å². The third kappa shape index (κ3) is 4.37. The first-order valence-electron chi connectivity index (χ1n) is 8.54. The largest absolute Gasteiger partial charge is 0.352 e. The Morgan fingerprint density at radius 3 is 2.33 bits per heavy atom. The molecule has 1 saturated carbocycles. The number of carbonyl (C=O) groups excluding carboxylic acids is 1. The molecule has 2 atom stereocenters.